The molecule has 22 heavy (non-hydrogen) atoms. The van der Waals surface area contributed by atoms with Crippen molar-refractivity contribution in [3.05, 3.63) is 35.0 Å². The second-order valence-corrected chi connectivity index (χ2v) is 7.57. The zero-order valence-electron chi connectivity index (χ0n) is 13.7. The molecule has 2 N–H and O–H groups in total. The normalized spacial score (nSPS) is 12.5. The number of carbonyl (C=O) groups excluding carboxylic acids is 1. The molecule has 1 amide bonds. The minimum atomic E-state index is -0.497. The Morgan fingerprint density at radius 1 is 1.27 bits per heavy atom. The molecule has 120 valence electrons. The Hall–Kier alpha value is -1.68. The molecule has 0 saturated heterocycles. The molecule has 2 rings (SSSR count). The summed E-state index contributed by atoms with van der Waals surface area (Å²) in [5.74, 6) is 0. The largest absolute Gasteiger partial charge is 0.444 e. The zero-order chi connectivity index (χ0) is 16.5. The van der Waals surface area contributed by atoms with Crippen LogP contribution in [0, 0.1) is 0 Å². The molecule has 0 spiro atoms. The number of carbonyl (C=O) groups is 1. The third kappa shape index (κ3) is 3.95. The molecule has 0 radical (unpaired) electrons. The van der Waals surface area contributed by atoms with E-state index in [1.165, 1.54) is 0 Å². The van der Waals surface area contributed by atoms with Gasteiger partial charge in [0.1, 0.15) is 5.60 Å². The second kappa shape index (κ2) is 5.84. The van der Waals surface area contributed by atoms with Crippen molar-refractivity contribution in [2.24, 2.45) is 0 Å². The Balaban J connectivity index is 2.15. The van der Waals surface area contributed by atoms with Gasteiger partial charge in [0.05, 0.1) is 0 Å². The molecule has 0 saturated carbocycles. The van der Waals surface area contributed by atoms with Gasteiger partial charge in [-0.25, -0.2) is 4.79 Å². The minimum absolute atomic E-state index is 0.250. The van der Waals surface area contributed by atoms with E-state index in [0.717, 1.165) is 16.5 Å². The summed E-state index contributed by atoms with van der Waals surface area (Å²) < 4.78 is 5.28. The smallest absolute Gasteiger partial charge is 0.407 e. The third-order valence-electron chi connectivity index (χ3n) is 3.45. The van der Waals surface area contributed by atoms with Gasteiger partial charge in [-0.15, -0.1) is 0 Å². The van der Waals surface area contributed by atoms with Gasteiger partial charge in [-0.3, -0.25) is 0 Å². The first-order valence-electron chi connectivity index (χ1n) is 7.32. The van der Waals surface area contributed by atoms with Gasteiger partial charge >= 0.3 is 6.09 Å². The molecule has 0 fully saturated rings. The number of nitrogens with one attached hydrogen (secondary N) is 2. The Morgan fingerprint density at radius 3 is 2.59 bits per heavy atom. The summed E-state index contributed by atoms with van der Waals surface area (Å²) in [6.45, 7) is 10.2. The van der Waals surface area contributed by atoms with Crippen molar-refractivity contribution in [1.82, 2.24) is 10.3 Å². The van der Waals surface area contributed by atoms with Crippen LogP contribution in [-0.2, 0) is 10.2 Å². The number of H-pyrrole nitrogens is 1. The molecule has 0 aliphatic rings. The standard InChI is InChI=1S/C17H23ClN2O2/c1-16(2,3)22-15(21)20-10-17(4,5)13-9-19-14-7-6-11(18)8-12(13)14/h6-9,19H,10H2,1-5H3,(H,20,21). The predicted molar refractivity (Wildman–Crippen MR) is 90.6 cm³/mol. The maximum Gasteiger partial charge on any atom is 0.407 e. The number of hydrogen-bond acceptors (Lipinski definition) is 2. The van der Waals surface area contributed by atoms with Crippen LogP contribution < -0.4 is 5.32 Å². The van der Waals surface area contributed by atoms with Crippen molar-refractivity contribution in [2.45, 2.75) is 45.6 Å². The van der Waals surface area contributed by atoms with Crippen LogP contribution >= 0.6 is 11.6 Å². The van der Waals surface area contributed by atoms with E-state index in [1.807, 2.05) is 45.2 Å². The van der Waals surface area contributed by atoms with Crippen LogP contribution in [0.4, 0.5) is 4.79 Å². The molecule has 0 bridgehead atoms. The van der Waals surface area contributed by atoms with Crippen LogP contribution in [0.25, 0.3) is 10.9 Å². The Labute approximate surface area is 136 Å². The number of fused-ring (bicyclic) bond motifs is 1. The number of aromatic amines is 1. The van der Waals surface area contributed by atoms with Gasteiger partial charge in [0.25, 0.3) is 0 Å². The second-order valence-electron chi connectivity index (χ2n) is 7.13. The number of alkyl carbamates (subject to hydrolysis) is 1. The summed E-state index contributed by atoms with van der Waals surface area (Å²) in [6.07, 6.45) is 1.57. The average molecular weight is 323 g/mol. The van der Waals surface area contributed by atoms with E-state index in [1.54, 1.807) is 0 Å². The number of benzene rings is 1. The van der Waals surface area contributed by atoms with Crippen molar-refractivity contribution < 1.29 is 9.53 Å². The highest BCUT2D eigenvalue weighted by molar-refractivity contribution is 6.31. The lowest BCUT2D eigenvalue weighted by Crippen LogP contribution is -2.39. The van der Waals surface area contributed by atoms with Crippen LogP contribution in [0.15, 0.2) is 24.4 Å². The number of aromatic nitrogens is 1. The van der Waals surface area contributed by atoms with Gasteiger partial charge in [0.2, 0.25) is 0 Å². The Morgan fingerprint density at radius 2 is 1.95 bits per heavy atom. The number of ether oxygens (including phenoxy) is 1. The first-order chi connectivity index (χ1) is 10.1. The van der Waals surface area contributed by atoms with Crippen LogP contribution in [0.5, 0.6) is 0 Å². The Kier molecular flexibility index (Phi) is 4.43. The van der Waals surface area contributed by atoms with E-state index >= 15 is 0 Å². The van der Waals surface area contributed by atoms with Crippen molar-refractivity contribution >= 4 is 28.6 Å². The quantitative estimate of drug-likeness (QED) is 0.866. The molecule has 4 nitrogen and oxygen atoms in total. The topological polar surface area (TPSA) is 54.1 Å². The van der Waals surface area contributed by atoms with Crippen LogP contribution in [0.1, 0.15) is 40.2 Å². The number of halogens is 1. The summed E-state index contributed by atoms with van der Waals surface area (Å²) >= 11 is 6.09. The summed E-state index contributed by atoms with van der Waals surface area (Å²) in [6, 6.07) is 5.76. The lowest BCUT2D eigenvalue weighted by atomic mass is 9.84. The highest BCUT2D eigenvalue weighted by Crippen LogP contribution is 2.31. The predicted octanol–water partition coefficient (Wildman–Crippen LogP) is 4.62. The Bertz CT molecular complexity index is 684. The summed E-state index contributed by atoms with van der Waals surface area (Å²) in [7, 11) is 0. The lowest BCUT2D eigenvalue weighted by molar-refractivity contribution is 0.0517. The SMILES string of the molecule is CC(C)(C)OC(=O)NCC(C)(C)c1c[nH]c2ccc(Cl)cc12. The van der Waals surface area contributed by atoms with Gasteiger partial charge in [-0.2, -0.15) is 0 Å². The molecule has 2 aromatic rings. The number of amides is 1. The summed E-state index contributed by atoms with van der Waals surface area (Å²) in [5, 5.41) is 4.61. The van der Waals surface area contributed by atoms with E-state index in [0.29, 0.717) is 11.6 Å². The fourth-order valence-corrected chi connectivity index (χ4v) is 2.53. The third-order valence-corrected chi connectivity index (χ3v) is 3.68. The molecule has 1 aromatic carbocycles. The molecular weight excluding hydrogens is 300 g/mol. The van der Waals surface area contributed by atoms with E-state index < -0.39 is 11.7 Å². The molecule has 0 unspecified atom stereocenters. The molecule has 5 heteroatoms. The van der Waals surface area contributed by atoms with E-state index in [4.69, 9.17) is 16.3 Å². The highest BCUT2D eigenvalue weighted by Gasteiger charge is 2.26. The first-order valence-corrected chi connectivity index (χ1v) is 7.70. The average Bonchev–Trinajstić information content (AvgIpc) is 2.78. The molecule has 1 heterocycles. The van der Waals surface area contributed by atoms with Gasteiger partial charge in [0.15, 0.2) is 0 Å². The summed E-state index contributed by atoms with van der Waals surface area (Å²) in [5.41, 5.74) is 1.40. The van der Waals surface area contributed by atoms with Crippen molar-refractivity contribution in [1.29, 1.82) is 0 Å². The van der Waals surface area contributed by atoms with Crippen molar-refractivity contribution in [2.75, 3.05) is 6.54 Å². The van der Waals surface area contributed by atoms with Crippen molar-refractivity contribution in [3.8, 4) is 0 Å². The zero-order valence-corrected chi connectivity index (χ0v) is 14.5. The highest BCUT2D eigenvalue weighted by atomic mass is 35.5. The summed E-state index contributed by atoms with van der Waals surface area (Å²) in [4.78, 5) is 15.1. The molecule has 0 aliphatic heterocycles. The molecule has 0 atom stereocenters. The van der Waals surface area contributed by atoms with E-state index in [2.05, 4.69) is 24.1 Å². The van der Waals surface area contributed by atoms with Gasteiger partial charge in [-0.05, 0) is 44.5 Å². The van der Waals surface area contributed by atoms with Crippen LogP contribution in [0.3, 0.4) is 0 Å². The minimum Gasteiger partial charge on any atom is -0.444 e. The van der Waals surface area contributed by atoms with Gasteiger partial charge in [-0.1, -0.05) is 25.4 Å². The van der Waals surface area contributed by atoms with Gasteiger partial charge < -0.3 is 15.0 Å². The molecular formula is C17H23ClN2O2. The first kappa shape index (κ1) is 16.7. The van der Waals surface area contributed by atoms with E-state index in [-0.39, 0.29) is 5.41 Å². The maximum absolute atomic E-state index is 11.8. The van der Waals surface area contributed by atoms with E-state index in [9.17, 15) is 4.79 Å². The lowest BCUT2D eigenvalue weighted by Gasteiger charge is -2.26. The molecule has 1 aromatic heterocycles. The fraction of sp³-hybridized carbons (Fsp3) is 0.471. The monoisotopic (exact) mass is 322 g/mol. The van der Waals surface area contributed by atoms with Crippen molar-refractivity contribution in [3.63, 3.8) is 0 Å². The van der Waals surface area contributed by atoms with Gasteiger partial charge in [0, 0.05) is 34.1 Å². The van der Waals surface area contributed by atoms with Crippen LogP contribution in [-0.4, -0.2) is 23.2 Å². The number of rotatable bonds is 3. The maximum atomic E-state index is 11.8. The number of hydrogen-bond donors (Lipinski definition) is 2. The molecule has 0 aliphatic carbocycles. The van der Waals surface area contributed by atoms with Crippen LogP contribution in [0.2, 0.25) is 5.02 Å². The fourth-order valence-electron chi connectivity index (χ4n) is 2.36.